The molecule has 1 aliphatic carbocycles. The zero-order valence-electron chi connectivity index (χ0n) is 13.6. The third-order valence-electron chi connectivity index (χ3n) is 5.25. The van der Waals surface area contributed by atoms with Crippen molar-refractivity contribution in [2.24, 2.45) is 5.92 Å². The largest absolute Gasteiger partial charge is 0.368 e. The van der Waals surface area contributed by atoms with Gasteiger partial charge >= 0.3 is 0 Å². The summed E-state index contributed by atoms with van der Waals surface area (Å²) in [7, 11) is 0. The Bertz CT molecular complexity index is 453. The fourth-order valence-corrected chi connectivity index (χ4v) is 4.18. The summed E-state index contributed by atoms with van der Waals surface area (Å²) in [6, 6.07) is 10.4. The zero-order valence-corrected chi connectivity index (χ0v) is 13.6. The fourth-order valence-electron chi connectivity index (χ4n) is 4.18. The van der Waals surface area contributed by atoms with Crippen molar-refractivity contribution in [2.45, 2.75) is 71.0 Å². The van der Waals surface area contributed by atoms with Crippen LogP contribution in [-0.2, 0) is 6.54 Å². The highest BCUT2D eigenvalue weighted by Gasteiger charge is 2.33. The standard InChI is InChI=1S/C19H30N2/c1-15(2)20-14-17-9-4-6-12-19(17)21-13-7-10-16-8-3-5-11-18(16)21/h4,6,9,12,15-16,18,20H,3,5,7-8,10-11,13-14H2,1-2H3. The van der Waals surface area contributed by atoms with Crippen LogP contribution in [0, 0.1) is 5.92 Å². The number of hydrogen-bond acceptors (Lipinski definition) is 2. The normalized spacial score (nSPS) is 26.0. The SMILES string of the molecule is CC(C)NCc1ccccc1N1CCCC2CCCCC21. The molecule has 0 bridgehead atoms. The minimum atomic E-state index is 0.543. The van der Waals surface area contributed by atoms with E-state index in [-0.39, 0.29) is 0 Å². The molecule has 2 atom stereocenters. The van der Waals surface area contributed by atoms with E-state index in [2.05, 4.69) is 48.3 Å². The van der Waals surface area contributed by atoms with Crippen molar-refractivity contribution < 1.29 is 0 Å². The Morgan fingerprint density at radius 3 is 2.71 bits per heavy atom. The van der Waals surface area contributed by atoms with Crippen LogP contribution in [-0.4, -0.2) is 18.6 Å². The van der Waals surface area contributed by atoms with Crippen LogP contribution in [0.5, 0.6) is 0 Å². The molecule has 2 heteroatoms. The lowest BCUT2D eigenvalue weighted by atomic mass is 9.78. The molecule has 116 valence electrons. The second-order valence-electron chi connectivity index (χ2n) is 7.11. The molecule has 1 aromatic carbocycles. The van der Waals surface area contributed by atoms with Crippen molar-refractivity contribution >= 4 is 5.69 Å². The van der Waals surface area contributed by atoms with Gasteiger partial charge in [0.1, 0.15) is 0 Å². The Hall–Kier alpha value is -1.02. The molecule has 2 nitrogen and oxygen atoms in total. The molecule has 0 radical (unpaired) electrons. The van der Waals surface area contributed by atoms with Gasteiger partial charge in [-0.05, 0) is 43.2 Å². The molecule has 1 aromatic rings. The van der Waals surface area contributed by atoms with Crippen molar-refractivity contribution in [3.05, 3.63) is 29.8 Å². The van der Waals surface area contributed by atoms with Gasteiger partial charge in [-0.25, -0.2) is 0 Å². The predicted molar refractivity (Wildman–Crippen MR) is 90.7 cm³/mol. The quantitative estimate of drug-likeness (QED) is 0.885. The molecule has 2 unspecified atom stereocenters. The van der Waals surface area contributed by atoms with E-state index in [4.69, 9.17) is 0 Å². The van der Waals surface area contributed by atoms with Crippen LogP contribution in [0.15, 0.2) is 24.3 Å². The lowest BCUT2D eigenvalue weighted by Gasteiger charge is -2.46. The molecule has 1 heterocycles. The molecular formula is C19H30N2. The van der Waals surface area contributed by atoms with Gasteiger partial charge in [0, 0.05) is 30.9 Å². The average molecular weight is 286 g/mol. The topological polar surface area (TPSA) is 15.3 Å². The molecule has 1 saturated carbocycles. The highest BCUT2D eigenvalue weighted by Crippen LogP contribution is 2.38. The average Bonchev–Trinajstić information content (AvgIpc) is 2.53. The Labute approximate surface area is 129 Å². The lowest BCUT2D eigenvalue weighted by molar-refractivity contribution is 0.243. The molecule has 0 aromatic heterocycles. The van der Waals surface area contributed by atoms with E-state index >= 15 is 0 Å². The number of hydrogen-bond donors (Lipinski definition) is 1. The van der Waals surface area contributed by atoms with Crippen molar-refractivity contribution in [3.63, 3.8) is 0 Å². The van der Waals surface area contributed by atoms with E-state index in [0.29, 0.717) is 6.04 Å². The first-order chi connectivity index (χ1) is 10.3. The molecule has 2 aliphatic rings. The monoisotopic (exact) mass is 286 g/mol. The molecule has 1 aliphatic heterocycles. The maximum atomic E-state index is 3.59. The minimum absolute atomic E-state index is 0.543. The molecule has 3 rings (SSSR count). The smallest absolute Gasteiger partial charge is 0.0414 e. The van der Waals surface area contributed by atoms with E-state index in [1.165, 1.54) is 56.3 Å². The van der Waals surface area contributed by atoms with Gasteiger partial charge in [0.25, 0.3) is 0 Å². The van der Waals surface area contributed by atoms with Crippen LogP contribution in [0.2, 0.25) is 0 Å². The van der Waals surface area contributed by atoms with Crippen LogP contribution in [0.25, 0.3) is 0 Å². The van der Waals surface area contributed by atoms with Crippen molar-refractivity contribution in [2.75, 3.05) is 11.4 Å². The van der Waals surface area contributed by atoms with Crippen LogP contribution < -0.4 is 10.2 Å². The van der Waals surface area contributed by atoms with E-state index in [1.807, 2.05) is 0 Å². The lowest BCUT2D eigenvalue weighted by Crippen LogP contribution is -2.47. The number of fused-ring (bicyclic) bond motifs is 1. The number of anilines is 1. The van der Waals surface area contributed by atoms with Crippen molar-refractivity contribution in [3.8, 4) is 0 Å². The number of nitrogens with zero attached hydrogens (tertiary/aromatic N) is 1. The molecular weight excluding hydrogens is 256 g/mol. The van der Waals surface area contributed by atoms with Gasteiger partial charge in [0.2, 0.25) is 0 Å². The number of nitrogens with one attached hydrogen (secondary N) is 1. The molecule has 1 N–H and O–H groups in total. The zero-order chi connectivity index (χ0) is 14.7. The summed E-state index contributed by atoms with van der Waals surface area (Å²) in [5.41, 5.74) is 2.96. The summed E-state index contributed by atoms with van der Waals surface area (Å²) in [4.78, 5) is 2.74. The predicted octanol–water partition coefficient (Wildman–Crippen LogP) is 4.34. The van der Waals surface area contributed by atoms with Gasteiger partial charge in [-0.2, -0.15) is 0 Å². The fraction of sp³-hybridized carbons (Fsp3) is 0.684. The second kappa shape index (κ2) is 6.83. The highest BCUT2D eigenvalue weighted by molar-refractivity contribution is 5.55. The molecule has 1 saturated heterocycles. The van der Waals surface area contributed by atoms with Crippen molar-refractivity contribution in [1.82, 2.24) is 5.32 Å². The highest BCUT2D eigenvalue weighted by atomic mass is 15.2. The van der Waals surface area contributed by atoms with Crippen LogP contribution >= 0.6 is 0 Å². The Balaban J connectivity index is 1.81. The Morgan fingerprint density at radius 1 is 1.10 bits per heavy atom. The van der Waals surface area contributed by atoms with Crippen molar-refractivity contribution in [1.29, 1.82) is 0 Å². The number of para-hydroxylation sites is 1. The number of rotatable bonds is 4. The number of benzene rings is 1. The minimum Gasteiger partial charge on any atom is -0.368 e. The Kier molecular flexibility index (Phi) is 4.84. The van der Waals surface area contributed by atoms with E-state index in [0.717, 1.165) is 18.5 Å². The molecule has 0 spiro atoms. The van der Waals surface area contributed by atoms with E-state index < -0.39 is 0 Å². The summed E-state index contributed by atoms with van der Waals surface area (Å²) in [5, 5.41) is 3.59. The summed E-state index contributed by atoms with van der Waals surface area (Å²) in [6.07, 6.45) is 8.54. The van der Waals surface area contributed by atoms with Gasteiger partial charge in [-0.3, -0.25) is 0 Å². The first-order valence-corrected chi connectivity index (χ1v) is 8.83. The first-order valence-electron chi connectivity index (χ1n) is 8.83. The van der Waals surface area contributed by atoms with Crippen LogP contribution in [0.1, 0.15) is 57.9 Å². The second-order valence-corrected chi connectivity index (χ2v) is 7.11. The summed E-state index contributed by atoms with van der Waals surface area (Å²) >= 11 is 0. The molecule has 2 fully saturated rings. The summed E-state index contributed by atoms with van der Waals surface area (Å²) in [5.74, 6) is 0.943. The molecule has 0 amide bonds. The number of piperidine rings is 1. The van der Waals surface area contributed by atoms with E-state index in [1.54, 1.807) is 0 Å². The van der Waals surface area contributed by atoms with Gasteiger partial charge < -0.3 is 10.2 Å². The van der Waals surface area contributed by atoms with E-state index in [9.17, 15) is 0 Å². The third-order valence-corrected chi connectivity index (χ3v) is 5.25. The molecule has 21 heavy (non-hydrogen) atoms. The van der Waals surface area contributed by atoms with Crippen LogP contribution in [0.3, 0.4) is 0 Å². The van der Waals surface area contributed by atoms with Gasteiger partial charge in [0.15, 0.2) is 0 Å². The summed E-state index contributed by atoms with van der Waals surface area (Å²) in [6.45, 7) is 6.68. The maximum absolute atomic E-state index is 3.59. The maximum Gasteiger partial charge on any atom is 0.0414 e. The van der Waals surface area contributed by atoms with Gasteiger partial charge in [-0.15, -0.1) is 0 Å². The van der Waals surface area contributed by atoms with Crippen LogP contribution in [0.4, 0.5) is 5.69 Å². The first kappa shape index (κ1) is 14.9. The van der Waals surface area contributed by atoms with Gasteiger partial charge in [-0.1, -0.05) is 44.9 Å². The third kappa shape index (κ3) is 3.42. The van der Waals surface area contributed by atoms with Gasteiger partial charge in [0.05, 0.1) is 0 Å². The summed E-state index contributed by atoms with van der Waals surface area (Å²) < 4.78 is 0. The Morgan fingerprint density at radius 2 is 1.86 bits per heavy atom.